The van der Waals surface area contributed by atoms with Crippen LogP contribution in [0.15, 0.2) is 48.5 Å². The predicted molar refractivity (Wildman–Crippen MR) is 81.4 cm³/mol. The lowest BCUT2D eigenvalue weighted by Gasteiger charge is -2.23. The van der Waals surface area contributed by atoms with Gasteiger partial charge in [-0.1, -0.05) is 24.3 Å². The molecule has 0 bridgehead atoms. The van der Waals surface area contributed by atoms with Crippen LogP contribution in [0.25, 0.3) is 0 Å². The number of rotatable bonds is 2. The highest BCUT2D eigenvalue weighted by molar-refractivity contribution is 5.93. The van der Waals surface area contributed by atoms with Crippen LogP contribution in [-0.4, -0.2) is 5.91 Å². The number of hydrogen-bond donors (Lipinski definition) is 2. The molecule has 2 aromatic carbocycles. The molecule has 0 heterocycles. The standard InChI is InChI=1S/C17H18N2O/c18-15-7-9-16(10-8-15)19-17(20)14-6-5-12-3-1-2-4-13(12)11-14/h1-4,7-10,14H,5-6,11,18H2,(H,19,20). The molecular formula is C17H18N2O. The van der Waals surface area contributed by atoms with Crippen LogP contribution in [0.5, 0.6) is 0 Å². The summed E-state index contributed by atoms with van der Waals surface area (Å²) in [6.45, 7) is 0. The fraction of sp³-hybridized carbons (Fsp3) is 0.235. The Hall–Kier alpha value is -2.29. The molecule has 2 aromatic rings. The van der Waals surface area contributed by atoms with Gasteiger partial charge in [0.15, 0.2) is 0 Å². The van der Waals surface area contributed by atoms with E-state index in [0.29, 0.717) is 5.69 Å². The van der Waals surface area contributed by atoms with E-state index >= 15 is 0 Å². The van der Waals surface area contributed by atoms with Gasteiger partial charge in [-0.3, -0.25) is 4.79 Å². The van der Waals surface area contributed by atoms with Gasteiger partial charge in [0.1, 0.15) is 0 Å². The minimum Gasteiger partial charge on any atom is -0.399 e. The molecule has 102 valence electrons. The van der Waals surface area contributed by atoms with Gasteiger partial charge >= 0.3 is 0 Å². The van der Waals surface area contributed by atoms with Crippen molar-refractivity contribution in [1.29, 1.82) is 0 Å². The minimum atomic E-state index is 0.0578. The van der Waals surface area contributed by atoms with Crippen molar-refractivity contribution in [3.8, 4) is 0 Å². The first-order valence-electron chi connectivity index (χ1n) is 6.95. The lowest BCUT2D eigenvalue weighted by Crippen LogP contribution is -2.28. The fourth-order valence-electron chi connectivity index (χ4n) is 2.73. The van der Waals surface area contributed by atoms with E-state index in [0.717, 1.165) is 24.9 Å². The first kappa shape index (κ1) is 12.7. The molecular weight excluding hydrogens is 248 g/mol. The van der Waals surface area contributed by atoms with Gasteiger partial charge in [0.25, 0.3) is 0 Å². The Morgan fingerprint density at radius 3 is 2.50 bits per heavy atom. The lowest BCUT2D eigenvalue weighted by atomic mass is 9.83. The first-order valence-corrected chi connectivity index (χ1v) is 6.95. The van der Waals surface area contributed by atoms with Gasteiger partial charge in [-0.15, -0.1) is 0 Å². The minimum absolute atomic E-state index is 0.0578. The molecule has 1 amide bonds. The summed E-state index contributed by atoms with van der Waals surface area (Å²) in [4.78, 5) is 12.3. The largest absolute Gasteiger partial charge is 0.399 e. The summed E-state index contributed by atoms with van der Waals surface area (Å²) in [6, 6.07) is 15.7. The molecule has 0 spiro atoms. The molecule has 3 N–H and O–H groups in total. The third-order valence-corrected chi connectivity index (χ3v) is 3.90. The highest BCUT2D eigenvalue weighted by Gasteiger charge is 2.24. The van der Waals surface area contributed by atoms with E-state index in [1.54, 1.807) is 12.1 Å². The number of anilines is 2. The Morgan fingerprint density at radius 1 is 1.05 bits per heavy atom. The summed E-state index contributed by atoms with van der Waals surface area (Å²) in [6.07, 6.45) is 2.73. The van der Waals surface area contributed by atoms with Crippen molar-refractivity contribution in [2.24, 2.45) is 5.92 Å². The second-order valence-corrected chi connectivity index (χ2v) is 5.32. The summed E-state index contributed by atoms with van der Waals surface area (Å²) >= 11 is 0. The van der Waals surface area contributed by atoms with Crippen molar-refractivity contribution in [1.82, 2.24) is 0 Å². The summed E-state index contributed by atoms with van der Waals surface area (Å²) in [5.41, 5.74) is 9.83. The van der Waals surface area contributed by atoms with Crippen molar-refractivity contribution >= 4 is 17.3 Å². The molecule has 0 fully saturated rings. The van der Waals surface area contributed by atoms with Crippen molar-refractivity contribution in [2.75, 3.05) is 11.1 Å². The van der Waals surface area contributed by atoms with Crippen molar-refractivity contribution in [3.05, 3.63) is 59.7 Å². The smallest absolute Gasteiger partial charge is 0.227 e. The number of nitrogens with two attached hydrogens (primary N) is 1. The highest BCUT2D eigenvalue weighted by atomic mass is 16.1. The van der Waals surface area contributed by atoms with E-state index in [4.69, 9.17) is 5.73 Å². The van der Waals surface area contributed by atoms with E-state index in [2.05, 4.69) is 23.5 Å². The Balaban J connectivity index is 1.68. The van der Waals surface area contributed by atoms with Crippen LogP contribution in [0.3, 0.4) is 0 Å². The van der Waals surface area contributed by atoms with Crippen LogP contribution in [0.4, 0.5) is 11.4 Å². The van der Waals surface area contributed by atoms with E-state index in [1.807, 2.05) is 18.2 Å². The maximum atomic E-state index is 12.3. The zero-order valence-corrected chi connectivity index (χ0v) is 11.3. The lowest BCUT2D eigenvalue weighted by molar-refractivity contribution is -0.120. The maximum absolute atomic E-state index is 12.3. The van der Waals surface area contributed by atoms with Gasteiger partial charge in [0.05, 0.1) is 0 Å². The number of benzene rings is 2. The summed E-state index contributed by atoms with van der Waals surface area (Å²) < 4.78 is 0. The maximum Gasteiger partial charge on any atom is 0.227 e. The molecule has 3 rings (SSSR count). The number of carbonyl (C=O) groups is 1. The zero-order valence-electron chi connectivity index (χ0n) is 11.3. The van der Waals surface area contributed by atoms with E-state index in [-0.39, 0.29) is 11.8 Å². The van der Waals surface area contributed by atoms with Gasteiger partial charge in [-0.25, -0.2) is 0 Å². The van der Waals surface area contributed by atoms with Crippen molar-refractivity contribution in [3.63, 3.8) is 0 Å². The normalized spacial score (nSPS) is 17.3. The molecule has 0 radical (unpaired) electrons. The Labute approximate surface area is 118 Å². The number of aryl methyl sites for hydroxylation is 1. The number of fused-ring (bicyclic) bond motifs is 1. The monoisotopic (exact) mass is 266 g/mol. The highest BCUT2D eigenvalue weighted by Crippen LogP contribution is 2.26. The summed E-state index contributed by atoms with van der Waals surface area (Å²) in [5, 5.41) is 2.98. The fourth-order valence-corrected chi connectivity index (χ4v) is 2.73. The van der Waals surface area contributed by atoms with Crippen LogP contribution >= 0.6 is 0 Å². The first-order chi connectivity index (χ1) is 9.72. The SMILES string of the molecule is Nc1ccc(NC(=O)C2CCc3ccccc3C2)cc1. The van der Waals surface area contributed by atoms with Gasteiger partial charge in [-0.2, -0.15) is 0 Å². The topological polar surface area (TPSA) is 55.1 Å². The van der Waals surface area contributed by atoms with Gasteiger partial charge in [0, 0.05) is 17.3 Å². The quantitative estimate of drug-likeness (QED) is 0.821. The number of hydrogen-bond acceptors (Lipinski definition) is 2. The number of nitrogen functional groups attached to an aromatic ring is 1. The molecule has 1 aliphatic carbocycles. The summed E-state index contributed by atoms with van der Waals surface area (Å²) in [5.74, 6) is 0.159. The Morgan fingerprint density at radius 2 is 1.75 bits per heavy atom. The molecule has 3 nitrogen and oxygen atoms in total. The Bertz CT molecular complexity index is 619. The number of carbonyl (C=O) groups excluding carboxylic acids is 1. The van der Waals surface area contributed by atoms with Gasteiger partial charge in [-0.05, 0) is 54.7 Å². The molecule has 1 unspecified atom stereocenters. The molecule has 0 aliphatic heterocycles. The molecule has 20 heavy (non-hydrogen) atoms. The van der Waals surface area contributed by atoms with Crippen LogP contribution in [0.1, 0.15) is 17.5 Å². The summed E-state index contributed by atoms with van der Waals surface area (Å²) in [7, 11) is 0. The van der Waals surface area contributed by atoms with Gasteiger partial charge in [0.2, 0.25) is 5.91 Å². The zero-order chi connectivity index (χ0) is 13.9. The van der Waals surface area contributed by atoms with Crippen molar-refractivity contribution < 1.29 is 4.79 Å². The molecule has 3 heteroatoms. The van der Waals surface area contributed by atoms with Crippen molar-refractivity contribution in [2.45, 2.75) is 19.3 Å². The van der Waals surface area contributed by atoms with Crippen LogP contribution in [-0.2, 0) is 17.6 Å². The van der Waals surface area contributed by atoms with E-state index in [1.165, 1.54) is 11.1 Å². The average Bonchev–Trinajstić information content (AvgIpc) is 2.49. The third-order valence-electron chi connectivity index (χ3n) is 3.90. The number of nitrogens with one attached hydrogen (secondary N) is 1. The van der Waals surface area contributed by atoms with E-state index < -0.39 is 0 Å². The van der Waals surface area contributed by atoms with Gasteiger partial charge < -0.3 is 11.1 Å². The van der Waals surface area contributed by atoms with Crippen LogP contribution < -0.4 is 11.1 Å². The van der Waals surface area contributed by atoms with E-state index in [9.17, 15) is 4.79 Å². The average molecular weight is 266 g/mol. The second kappa shape index (κ2) is 5.37. The second-order valence-electron chi connectivity index (χ2n) is 5.32. The van der Waals surface area contributed by atoms with Crippen LogP contribution in [0, 0.1) is 5.92 Å². The third kappa shape index (κ3) is 2.67. The predicted octanol–water partition coefficient (Wildman–Crippen LogP) is 3.01. The number of amides is 1. The Kier molecular flexibility index (Phi) is 3.42. The molecule has 1 aliphatic rings. The molecule has 1 atom stereocenters. The molecule has 0 aromatic heterocycles. The molecule has 0 saturated heterocycles. The van der Waals surface area contributed by atoms with Crippen LogP contribution in [0.2, 0.25) is 0 Å². The molecule has 0 saturated carbocycles.